The molecule has 3 aliphatic rings. The zero-order chi connectivity index (χ0) is 36.9. The molecule has 2 fully saturated rings. The lowest BCUT2D eigenvalue weighted by Gasteiger charge is -2.53. The number of carbonyl (C=O) groups excluding carboxylic acids is 3. The summed E-state index contributed by atoms with van der Waals surface area (Å²) >= 11 is 7.67. The Kier molecular flexibility index (Phi) is 9.21. The number of ether oxygens (including phenoxy) is 1. The van der Waals surface area contributed by atoms with Crippen LogP contribution in [-0.4, -0.2) is 55.6 Å². The first-order valence-electron chi connectivity index (χ1n) is 17.3. The molecule has 5 aromatic rings. The normalized spacial score (nSPS) is 15.9. The first-order valence-corrected chi connectivity index (χ1v) is 18.5. The minimum Gasteiger partial charge on any atom is -0.381 e. The molecule has 0 unspecified atom stereocenters. The monoisotopic (exact) mass is 753 g/mol. The molecule has 0 atom stereocenters. The third kappa shape index (κ3) is 6.78. The maximum Gasteiger partial charge on any atom is 0.265 e. The fourth-order valence-corrected chi connectivity index (χ4v) is 8.69. The highest BCUT2D eigenvalue weighted by atomic mass is 35.5. The first kappa shape index (κ1) is 34.9. The summed E-state index contributed by atoms with van der Waals surface area (Å²) in [6.07, 6.45) is 4.16. The van der Waals surface area contributed by atoms with E-state index in [0.29, 0.717) is 51.2 Å². The number of nitrogens with one attached hydrogen (secondary N) is 2. The Hall–Kier alpha value is -5.17. The number of carbonyl (C=O) groups is 3. The number of anilines is 4. The van der Waals surface area contributed by atoms with E-state index in [-0.39, 0.29) is 28.5 Å². The standard InChI is InChI=1S/C40H34ClF2N5O4S/c1-23-17-27(42)20-31(43)34(23)46-38(50)33-18-25-10-14-48(32-19-26(41)6-9-29(32)35(25)53-33)39(51)24-4-7-28(8-5-24)45-37(49)30-3-2-13-44-36(30)47-21-40(22-47)11-15-52-16-12-40/h2-9,13,17-20H,10-12,14-16,21-22H2,1H3,(H,45,49)(H,46,50). The zero-order valence-corrected chi connectivity index (χ0v) is 30.3. The van der Waals surface area contributed by atoms with Gasteiger partial charge in [0.2, 0.25) is 0 Å². The van der Waals surface area contributed by atoms with Crippen LogP contribution in [0.4, 0.5) is 31.7 Å². The van der Waals surface area contributed by atoms with Crippen molar-refractivity contribution < 1.29 is 27.9 Å². The SMILES string of the molecule is Cc1cc(F)cc(F)c1NC(=O)c1cc2c(s1)-c1ccc(Cl)cc1N(C(=O)c1ccc(NC(=O)c3cccnc3N3CC4(CCOCC4)C3)cc1)CC2. The number of nitrogens with zero attached hydrogens (tertiary/aromatic N) is 3. The van der Waals surface area contributed by atoms with Crippen molar-refractivity contribution in [1.82, 2.24) is 4.98 Å². The van der Waals surface area contributed by atoms with Crippen molar-refractivity contribution in [1.29, 1.82) is 0 Å². The number of rotatable bonds is 6. The Morgan fingerprint density at radius 2 is 1.72 bits per heavy atom. The van der Waals surface area contributed by atoms with E-state index in [2.05, 4.69) is 20.5 Å². The average Bonchev–Trinajstić information content (AvgIpc) is 3.50. The van der Waals surface area contributed by atoms with Gasteiger partial charge in [-0.15, -0.1) is 11.3 Å². The lowest BCUT2D eigenvalue weighted by molar-refractivity contribution is -0.000510. The second kappa shape index (κ2) is 14.0. The molecule has 0 aliphatic carbocycles. The number of aromatic nitrogens is 1. The fraction of sp³-hybridized carbons (Fsp3) is 0.250. The highest BCUT2D eigenvalue weighted by molar-refractivity contribution is 7.17. The minimum absolute atomic E-state index is 0.0772. The number of pyridine rings is 1. The molecule has 1 spiro atoms. The molecule has 2 saturated heterocycles. The van der Waals surface area contributed by atoms with Gasteiger partial charge in [0.1, 0.15) is 17.5 Å². The third-order valence-corrected chi connectivity index (χ3v) is 11.6. The molecule has 0 bridgehead atoms. The van der Waals surface area contributed by atoms with Crippen LogP contribution in [-0.2, 0) is 11.2 Å². The van der Waals surface area contributed by atoms with Gasteiger partial charge < -0.3 is 25.2 Å². The number of thiophene rings is 1. The molecule has 8 rings (SSSR count). The average molecular weight is 754 g/mol. The molecule has 2 aromatic heterocycles. The van der Waals surface area contributed by atoms with E-state index in [4.69, 9.17) is 16.3 Å². The van der Waals surface area contributed by atoms with E-state index < -0.39 is 17.5 Å². The number of hydrogen-bond acceptors (Lipinski definition) is 7. The number of amides is 3. The smallest absolute Gasteiger partial charge is 0.265 e. The summed E-state index contributed by atoms with van der Waals surface area (Å²) in [6.45, 7) is 5.04. The Morgan fingerprint density at radius 1 is 0.943 bits per heavy atom. The Balaban J connectivity index is 0.983. The Morgan fingerprint density at radius 3 is 2.47 bits per heavy atom. The van der Waals surface area contributed by atoms with Crippen LogP contribution in [0, 0.1) is 24.0 Å². The van der Waals surface area contributed by atoms with Crippen LogP contribution in [0.3, 0.4) is 0 Å². The first-order chi connectivity index (χ1) is 25.6. The summed E-state index contributed by atoms with van der Waals surface area (Å²) in [7, 11) is 0. The summed E-state index contributed by atoms with van der Waals surface area (Å²) in [4.78, 5) is 50.3. The molecule has 2 N–H and O–H groups in total. The quantitative estimate of drug-likeness (QED) is 0.181. The molecular formula is C40H34ClF2N5O4S. The zero-order valence-electron chi connectivity index (χ0n) is 28.7. The van der Waals surface area contributed by atoms with E-state index in [1.807, 2.05) is 6.07 Å². The van der Waals surface area contributed by atoms with Crippen molar-refractivity contribution in [3.8, 4) is 10.4 Å². The van der Waals surface area contributed by atoms with Gasteiger partial charge in [-0.2, -0.15) is 0 Å². The summed E-state index contributed by atoms with van der Waals surface area (Å²) in [5.41, 5.74) is 4.02. The predicted octanol–water partition coefficient (Wildman–Crippen LogP) is 8.37. The molecule has 53 heavy (non-hydrogen) atoms. The van der Waals surface area contributed by atoms with Crippen LogP contribution in [0.15, 0.2) is 79.0 Å². The van der Waals surface area contributed by atoms with Crippen molar-refractivity contribution in [2.45, 2.75) is 26.2 Å². The van der Waals surface area contributed by atoms with E-state index >= 15 is 0 Å². The van der Waals surface area contributed by atoms with Gasteiger partial charge in [-0.1, -0.05) is 11.6 Å². The maximum atomic E-state index is 14.5. The fourth-order valence-electron chi connectivity index (χ4n) is 7.38. The summed E-state index contributed by atoms with van der Waals surface area (Å²) in [6, 6.07) is 19.2. The number of benzene rings is 3. The van der Waals surface area contributed by atoms with Gasteiger partial charge in [0.25, 0.3) is 17.7 Å². The van der Waals surface area contributed by atoms with E-state index in [0.717, 1.165) is 67.3 Å². The number of hydrogen-bond donors (Lipinski definition) is 2. The van der Waals surface area contributed by atoms with Gasteiger partial charge in [-0.3, -0.25) is 14.4 Å². The molecule has 3 aliphatic heterocycles. The Bertz CT molecular complexity index is 2240. The molecule has 5 heterocycles. The van der Waals surface area contributed by atoms with Crippen LogP contribution < -0.4 is 20.4 Å². The molecule has 3 aromatic carbocycles. The summed E-state index contributed by atoms with van der Waals surface area (Å²) in [5, 5.41) is 5.99. The van der Waals surface area contributed by atoms with Gasteiger partial charge in [0, 0.05) is 77.2 Å². The van der Waals surface area contributed by atoms with Crippen LogP contribution in [0.25, 0.3) is 10.4 Å². The van der Waals surface area contributed by atoms with Crippen molar-refractivity contribution in [3.63, 3.8) is 0 Å². The Labute approximate surface area is 313 Å². The topological polar surface area (TPSA) is 104 Å². The van der Waals surface area contributed by atoms with Crippen LogP contribution in [0.5, 0.6) is 0 Å². The van der Waals surface area contributed by atoms with Crippen LogP contribution in [0.2, 0.25) is 5.02 Å². The largest absolute Gasteiger partial charge is 0.381 e. The van der Waals surface area contributed by atoms with Crippen molar-refractivity contribution >= 4 is 63.5 Å². The van der Waals surface area contributed by atoms with Gasteiger partial charge >= 0.3 is 0 Å². The third-order valence-electron chi connectivity index (χ3n) is 10.2. The highest BCUT2D eigenvalue weighted by Gasteiger charge is 2.45. The summed E-state index contributed by atoms with van der Waals surface area (Å²) < 4.78 is 33.7. The maximum absolute atomic E-state index is 14.5. The van der Waals surface area contributed by atoms with Gasteiger partial charge in [-0.05, 0) is 104 Å². The second-order valence-electron chi connectivity index (χ2n) is 13.7. The lowest BCUT2D eigenvalue weighted by atomic mass is 9.73. The van der Waals surface area contributed by atoms with E-state index in [1.54, 1.807) is 65.7 Å². The number of aryl methyl sites for hydroxylation is 1. The predicted molar refractivity (Wildman–Crippen MR) is 203 cm³/mol. The van der Waals surface area contributed by atoms with Gasteiger partial charge in [0.15, 0.2) is 0 Å². The summed E-state index contributed by atoms with van der Waals surface area (Å²) in [5.74, 6) is -1.98. The molecule has 0 radical (unpaired) electrons. The molecule has 3 amide bonds. The van der Waals surface area contributed by atoms with E-state index in [1.165, 1.54) is 18.3 Å². The number of halogens is 3. The molecule has 0 saturated carbocycles. The highest BCUT2D eigenvalue weighted by Crippen LogP contribution is 2.44. The van der Waals surface area contributed by atoms with Crippen LogP contribution >= 0.6 is 22.9 Å². The molecule has 9 nitrogen and oxygen atoms in total. The van der Waals surface area contributed by atoms with Crippen LogP contribution in [0.1, 0.15) is 54.4 Å². The van der Waals surface area contributed by atoms with Crippen molar-refractivity contribution in [3.05, 3.63) is 123 Å². The second-order valence-corrected chi connectivity index (χ2v) is 15.2. The van der Waals surface area contributed by atoms with Crippen molar-refractivity contribution in [2.24, 2.45) is 5.41 Å². The minimum atomic E-state index is -0.855. The van der Waals surface area contributed by atoms with Crippen molar-refractivity contribution in [2.75, 3.05) is 53.3 Å². The van der Waals surface area contributed by atoms with Gasteiger partial charge in [-0.25, -0.2) is 13.8 Å². The number of fused-ring (bicyclic) bond motifs is 3. The lowest BCUT2D eigenvalue weighted by Crippen LogP contribution is -2.59. The van der Waals surface area contributed by atoms with E-state index in [9.17, 15) is 23.2 Å². The molecule has 13 heteroatoms. The van der Waals surface area contributed by atoms with Gasteiger partial charge in [0.05, 0.1) is 21.8 Å². The molecular weight excluding hydrogens is 720 g/mol. The molecule has 270 valence electrons.